The molecule has 0 bridgehead atoms. The van der Waals surface area contributed by atoms with E-state index in [2.05, 4.69) is 27.8 Å². The molecule has 0 saturated heterocycles. The van der Waals surface area contributed by atoms with Crippen LogP contribution in [0.25, 0.3) is 0 Å². The summed E-state index contributed by atoms with van der Waals surface area (Å²) in [7, 11) is 0. The number of hydrogen-bond donors (Lipinski definition) is 3. The van der Waals surface area contributed by atoms with Gasteiger partial charge in [-0.05, 0) is 43.7 Å². The maximum absolute atomic E-state index is 13.0. The first-order valence-corrected chi connectivity index (χ1v) is 12.3. The number of nitrogens with zero attached hydrogens (tertiary/aromatic N) is 1. The van der Waals surface area contributed by atoms with Crippen LogP contribution in [0.4, 0.5) is 5.69 Å². The Morgan fingerprint density at radius 1 is 1.26 bits per heavy atom. The van der Waals surface area contributed by atoms with Crippen molar-refractivity contribution in [3.8, 4) is 0 Å². The lowest BCUT2D eigenvalue weighted by Gasteiger charge is -2.31. The third-order valence-electron chi connectivity index (χ3n) is 6.47. The van der Waals surface area contributed by atoms with E-state index >= 15 is 0 Å². The topological polar surface area (TPSA) is 109 Å². The lowest BCUT2D eigenvalue weighted by atomic mass is 9.78. The van der Waals surface area contributed by atoms with Gasteiger partial charge in [-0.25, -0.2) is 4.79 Å². The maximum Gasteiger partial charge on any atom is 0.356 e. The molecule has 6 rings (SSSR count). The highest BCUT2D eigenvalue weighted by molar-refractivity contribution is 8.13. The number of rotatable bonds is 4. The number of furan rings is 1. The number of aliphatic imine (C=N–C) groups is 1. The Morgan fingerprint density at radius 3 is 3.00 bits per heavy atom. The van der Waals surface area contributed by atoms with Gasteiger partial charge in [0.05, 0.1) is 30.3 Å². The van der Waals surface area contributed by atoms with Crippen molar-refractivity contribution in [1.82, 2.24) is 10.3 Å². The highest BCUT2D eigenvalue weighted by atomic mass is 32.2. The summed E-state index contributed by atoms with van der Waals surface area (Å²) in [5, 5.41) is 8.26. The summed E-state index contributed by atoms with van der Waals surface area (Å²) in [4.78, 5) is 33.3. The monoisotopic (exact) mass is 476 g/mol. The molecule has 8 nitrogen and oxygen atoms in total. The lowest BCUT2D eigenvalue weighted by molar-refractivity contribution is -0.116. The normalized spacial score (nSPS) is 24.7. The maximum atomic E-state index is 13.0. The Hall–Kier alpha value is -3.46. The molecular weight excluding hydrogens is 452 g/mol. The quantitative estimate of drug-likeness (QED) is 0.566. The van der Waals surface area contributed by atoms with Crippen molar-refractivity contribution < 1.29 is 18.7 Å². The van der Waals surface area contributed by atoms with Crippen LogP contribution < -0.4 is 10.6 Å². The summed E-state index contributed by atoms with van der Waals surface area (Å²) in [6.07, 6.45) is 12.0. The van der Waals surface area contributed by atoms with Crippen molar-refractivity contribution in [3.05, 3.63) is 70.9 Å². The lowest BCUT2D eigenvalue weighted by Crippen LogP contribution is -2.31. The van der Waals surface area contributed by atoms with E-state index in [4.69, 9.17) is 14.1 Å². The molecule has 0 aromatic carbocycles. The molecule has 4 aliphatic rings. The number of carbonyl (C=O) groups excluding carboxylic acids is 2. The summed E-state index contributed by atoms with van der Waals surface area (Å²) < 4.78 is 11.5. The minimum Gasteiger partial charge on any atom is -0.461 e. The number of fused-ring (bicyclic) bond motifs is 2. The van der Waals surface area contributed by atoms with Crippen molar-refractivity contribution in [2.24, 2.45) is 4.99 Å². The Labute approximate surface area is 200 Å². The molecule has 0 saturated carbocycles. The summed E-state index contributed by atoms with van der Waals surface area (Å²) in [6.45, 7) is 2.06. The first-order valence-electron chi connectivity index (χ1n) is 11.5. The molecule has 0 fully saturated rings. The Kier molecular flexibility index (Phi) is 5.21. The number of amidine groups is 1. The highest BCUT2D eigenvalue weighted by Crippen LogP contribution is 2.47. The number of hydrogen-bond acceptors (Lipinski definition) is 8. The summed E-state index contributed by atoms with van der Waals surface area (Å²) >= 11 is 1.44. The van der Waals surface area contributed by atoms with Crippen LogP contribution >= 0.6 is 11.8 Å². The zero-order valence-corrected chi connectivity index (χ0v) is 19.4. The van der Waals surface area contributed by atoms with E-state index in [-0.39, 0.29) is 30.4 Å². The molecule has 9 heteroatoms. The van der Waals surface area contributed by atoms with E-state index in [9.17, 15) is 9.59 Å². The Morgan fingerprint density at radius 2 is 2.15 bits per heavy atom. The van der Waals surface area contributed by atoms with Crippen molar-refractivity contribution in [2.75, 3.05) is 11.9 Å². The van der Waals surface area contributed by atoms with Crippen LogP contribution in [0.2, 0.25) is 0 Å². The third-order valence-corrected chi connectivity index (χ3v) is 7.31. The number of aromatic nitrogens is 1. The fourth-order valence-corrected chi connectivity index (χ4v) is 5.79. The van der Waals surface area contributed by atoms with Crippen LogP contribution in [0.3, 0.4) is 0 Å². The van der Waals surface area contributed by atoms with Gasteiger partial charge in [0.2, 0.25) is 0 Å². The molecule has 2 aromatic heterocycles. The number of anilines is 1. The predicted octanol–water partition coefficient (Wildman–Crippen LogP) is 4.26. The number of ether oxygens (including phenoxy) is 1. The molecule has 0 amide bonds. The van der Waals surface area contributed by atoms with Gasteiger partial charge < -0.3 is 24.8 Å². The minimum atomic E-state index is -0.424. The number of H-pyrrole nitrogens is 1. The van der Waals surface area contributed by atoms with Crippen LogP contribution in [-0.2, 0) is 9.53 Å². The molecule has 0 radical (unpaired) electrons. The Balaban J connectivity index is 1.34. The molecule has 4 heterocycles. The average molecular weight is 477 g/mol. The van der Waals surface area contributed by atoms with E-state index in [1.807, 2.05) is 24.3 Å². The van der Waals surface area contributed by atoms with E-state index in [0.29, 0.717) is 28.7 Å². The molecule has 34 heavy (non-hydrogen) atoms. The fourth-order valence-electron chi connectivity index (χ4n) is 4.96. The van der Waals surface area contributed by atoms with E-state index in [1.54, 1.807) is 13.1 Å². The highest BCUT2D eigenvalue weighted by Gasteiger charge is 2.39. The zero-order valence-electron chi connectivity index (χ0n) is 18.6. The first-order chi connectivity index (χ1) is 16.6. The van der Waals surface area contributed by atoms with Gasteiger partial charge in [-0.2, -0.15) is 0 Å². The second-order valence-electron chi connectivity index (χ2n) is 8.57. The van der Waals surface area contributed by atoms with Crippen molar-refractivity contribution >= 4 is 34.4 Å². The number of thioether (sulfide) groups is 1. The Bertz CT molecular complexity index is 1300. The number of Topliss-reactive ketones (excluding diaryl/α,β-unsaturated/α-hetero) is 1. The number of ketones is 1. The fraction of sp³-hybridized carbons (Fsp3) is 0.320. The second-order valence-corrected chi connectivity index (χ2v) is 9.56. The standard InChI is InChI=1S/C25H24N4O4S/c1-2-32-24(31)23-22-13(12-26-23)20(21-16(27-22)8-5-9-17(21)30)18-10-11-19(33-18)34-25-28-14-6-3-4-7-15(14)29-25/h3-4,6-7,10-12,14-15,20,26-27H,2,5,8-9H2,1H3,(H,28,29). The number of allylic oxidation sites excluding steroid dienone is 4. The molecule has 3 atom stereocenters. The van der Waals surface area contributed by atoms with Gasteiger partial charge in [-0.15, -0.1) is 0 Å². The second kappa shape index (κ2) is 8.39. The van der Waals surface area contributed by atoms with Gasteiger partial charge in [0, 0.05) is 29.5 Å². The van der Waals surface area contributed by atoms with Crippen LogP contribution in [0.15, 0.2) is 68.4 Å². The smallest absolute Gasteiger partial charge is 0.356 e. The summed E-state index contributed by atoms with van der Waals surface area (Å²) in [5.41, 5.74) is 3.40. The molecule has 3 unspecified atom stereocenters. The molecule has 174 valence electrons. The average Bonchev–Trinajstić information content (AvgIpc) is 3.56. The SMILES string of the molecule is CCOC(=O)c1[nH]cc2c1NC1=C(C(=O)CCC1)C2c1ccc(SC2=NC3C=CC=CC3N2)o1. The summed E-state index contributed by atoms with van der Waals surface area (Å²) in [5.74, 6) is -0.0388. The predicted molar refractivity (Wildman–Crippen MR) is 129 cm³/mol. The third kappa shape index (κ3) is 3.51. The van der Waals surface area contributed by atoms with Crippen LogP contribution in [0, 0.1) is 0 Å². The van der Waals surface area contributed by atoms with Crippen LogP contribution in [-0.4, -0.2) is 40.6 Å². The van der Waals surface area contributed by atoms with E-state index < -0.39 is 5.97 Å². The molecular formula is C25H24N4O4S. The van der Waals surface area contributed by atoms with Gasteiger partial charge in [-0.1, -0.05) is 24.3 Å². The molecule has 2 aliphatic heterocycles. The first kappa shape index (κ1) is 21.1. The van der Waals surface area contributed by atoms with Crippen LogP contribution in [0.5, 0.6) is 0 Å². The van der Waals surface area contributed by atoms with E-state index in [0.717, 1.165) is 34.8 Å². The van der Waals surface area contributed by atoms with Gasteiger partial charge >= 0.3 is 5.97 Å². The zero-order chi connectivity index (χ0) is 23.2. The molecule has 0 spiro atoms. The van der Waals surface area contributed by atoms with Crippen molar-refractivity contribution in [3.63, 3.8) is 0 Å². The number of nitrogens with one attached hydrogen (secondary N) is 3. The number of aromatic amines is 1. The van der Waals surface area contributed by atoms with Gasteiger partial charge in [0.25, 0.3) is 0 Å². The summed E-state index contributed by atoms with van der Waals surface area (Å²) in [6, 6.07) is 4.09. The molecule has 3 N–H and O–H groups in total. The van der Waals surface area contributed by atoms with Gasteiger partial charge in [-0.3, -0.25) is 9.79 Å². The van der Waals surface area contributed by atoms with E-state index in [1.165, 1.54) is 11.8 Å². The van der Waals surface area contributed by atoms with Crippen LogP contribution in [0.1, 0.15) is 53.9 Å². The number of carbonyl (C=O) groups is 2. The van der Waals surface area contributed by atoms with Gasteiger partial charge in [0.15, 0.2) is 16.0 Å². The largest absolute Gasteiger partial charge is 0.461 e. The van der Waals surface area contributed by atoms with Crippen molar-refractivity contribution in [2.45, 2.75) is 49.3 Å². The van der Waals surface area contributed by atoms with Crippen molar-refractivity contribution in [1.29, 1.82) is 0 Å². The molecule has 2 aliphatic carbocycles. The van der Waals surface area contributed by atoms with Gasteiger partial charge in [0.1, 0.15) is 11.5 Å². The molecule has 2 aromatic rings. The number of esters is 1. The minimum absolute atomic E-state index is 0.0997.